The fourth-order valence-electron chi connectivity index (χ4n) is 3.35. The van der Waals surface area contributed by atoms with E-state index >= 15 is 0 Å². The van der Waals surface area contributed by atoms with E-state index in [1.807, 2.05) is 47.4 Å². The van der Waals surface area contributed by atoms with Crippen LogP contribution >= 0.6 is 11.3 Å². The Kier molecular flexibility index (Phi) is 5.14. The third kappa shape index (κ3) is 3.87. The number of carbonyl (C=O) groups is 1. The first kappa shape index (κ1) is 17.0. The summed E-state index contributed by atoms with van der Waals surface area (Å²) in [4.78, 5) is 18.6. The highest BCUT2D eigenvalue weighted by atomic mass is 32.1. The highest BCUT2D eigenvalue weighted by Crippen LogP contribution is 2.20. The van der Waals surface area contributed by atoms with Gasteiger partial charge < -0.3 is 4.90 Å². The van der Waals surface area contributed by atoms with Crippen LogP contribution in [0.1, 0.15) is 15.2 Å². The van der Waals surface area contributed by atoms with Gasteiger partial charge in [-0.2, -0.15) is 0 Å². The van der Waals surface area contributed by atoms with Crippen molar-refractivity contribution in [3.63, 3.8) is 0 Å². The van der Waals surface area contributed by atoms with Gasteiger partial charge in [0, 0.05) is 43.2 Å². The lowest BCUT2D eigenvalue weighted by Crippen LogP contribution is -2.48. The summed E-state index contributed by atoms with van der Waals surface area (Å²) in [5, 5.41) is 2.12. The average Bonchev–Trinajstić information content (AvgIpc) is 3.22. The Morgan fingerprint density at radius 1 is 0.808 bits per heavy atom. The molecule has 1 fully saturated rings. The molecule has 3 aromatic rings. The van der Waals surface area contributed by atoms with E-state index in [1.165, 1.54) is 10.4 Å². The topological polar surface area (TPSA) is 23.6 Å². The summed E-state index contributed by atoms with van der Waals surface area (Å²) in [6.45, 7) is 4.46. The van der Waals surface area contributed by atoms with Gasteiger partial charge in [0.15, 0.2) is 0 Å². The molecule has 0 aliphatic carbocycles. The molecular weight excluding hydrogens is 340 g/mol. The molecule has 1 aromatic heterocycles. The zero-order chi connectivity index (χ0) is 17.8. The van der Waals surface area contributed by atoms with Crippen molar-refractivity contribution in [2.24, 2.45) is 0 Å². The molecule has 0 N–H and O–H groups in total. The van der Waals surface area contributed by atoms with Crippen molar-refractivity contribution in [1.29, 1.82) is 0 Å². The van der Waals surface area contributed by atoms with Crippen LogP contribution in [-0.2, 0) is 6.54 Å². The number of rotatable bonds is 4. The van der Waals surface area contributed by atoms with Crippen LogP contribution in [0.2, 0.25) is 0 Å². The van der Waals surface area contributed by atoms with Gasteiger partial charge in [-0.3, -0.25) is 9.69 Å². The van der Waals surface area contributed by atoms with Gasteiger partial charge in [-0.1, -0.05) is 48.5 Å². The maximum absolute atomic E-state index is 12.8. The molecular formula is C22H22N2OS. The number of amides is 1. The van der Waals surface area contributed by atoms with Gasteiger partial charge in [-0.05, 0) is 34.7 Å². The standard InChI is InChI=1S/C22H22N2OS/c25-22(20-10-8-19(9-11-20)18-5-2-1-3-6-18)24-14-12-23(13-15-24)17-21-7-4-16-26-21/h1-11,16H,12-15,17H2. The van der Waals surface area contributed by atoms with Gasteiger partial charge in [0.1, 0.15) is 0 Å². The number of nitrogens with zero attached hydrogens (tertiary/aromatic N) is 2. The molecule has 0 bridgehead atoms. The van der Waals surface area contributed by atoms with E-state index in [2.05, 4.69) is 34.5 Å². The fourth-order valence-corrected chi connectivity index (χ4v) is 4.10. The van der Waals surface area contributed by atoms with Gasteiger partial charge in [-0.15, -0.1) is 11.3 Å². The first-order valence-electron chi connectivity index (χ1n) is 8.99. The van der Waals surface area contributed by atoms with Crippen molar-refractivity contribution in [3.05, 3.63) is 82.6 Å². The molecule has 0 radical (unpaired) electrons. The van der Waals surface area contributed by atoms with E-state index in [4.69, 9.17) is 0 Å². The first-order chi connectivity index (χ1) is 12.8. The largest absolute Gasteiger partial charge is 0.336 e. The molecule has 0 atom stereocenters. The SMILES string of the molecule is O=C(c1ccc(-c2ccccc2)cc1)N1CCN(Cc2cccs2)CC1. The van der Waals surface area contributed by atoms with Crippen molar-refractivity contribution < 1.29 is 4.79 Å². The Morgan fingerprint density at radius 2 is 1.50 bits per heavy atom. The molecule has 1 aliphatic heterocycles. The van der Waals surface area contributed by atoms with Crippen LogP contribution in [0.3, 0.4) is 0 Å². The number of thiophene rings is 1. The smallest absolute Gasteiger partial charge is 0.253 e. The van der Waals surface area contributed by atoms with Crippen LogP contribution in [0.4, 0.5) is 0 Å². The molecule has 26 heavy (non-hydrogen) atoms. The summed E-state index contributed by atoms with van der Waals surface area (Å²) in [6.07, 6.45) is 0. The van der Waals surface area contributed by atoms with Crippen molar-refractivity contribution in [2.75, 3.05) is 26.2 Å². The van der Waals surface area contributed by atoms with Crippen LogP contribution < -0.4 is 0 Å². The number of benzene rings is 2. The molecule has 2 aromatic carbocycles. The van der Waals surface area contributed by atoms with Gasteiger partial charge in [0.05, 0.1) is 0 Å². The normalized spacial score (nSPS) is 15.2. The lowest BCUT2D eigenvalue weighted by atomic mass is 10.0. The van der Waals surface area contributed by atoms with Crippen LogP contribution in [0, 0.1) is 0 Å². The molecule has 1 aliphatic rings. The zero-order valence-corrected chi connectivity index (χ0v) is 15.5. The summed E-state index contributed by atoms with van der Waals surface area (Å²) < 4.78 is 0. The number of piperazine rings is 1. The van der Waals surface area contributed by atoms with E-state index < -0.39 is 0 Å². The third-order valence-corrected chi connectivity index (χ3v) is 5.72. The lowest BCUT2D eigenvalue weighted by molar-refractivity contribution is 0.0629. The summed E-state index contributed by atoms with van der Waals surface area (Å²) in [5.74, 6) is 0.139. The monoisotopic (exact) mass is 362 g/mol. The highest BCUT2D eigenvalue weighted by molar-refractivity contribution is 7.09. The number of hydrogen-bond donors (Lipinski definition) is 0. The molecule has 0 unspecified atom stereocenters. The summed E-state index contributed by atoms with van der Waals surface area (Å²) in [7, 11) is 0. The number of carbonyl (C=O) groups excluding carboxylic acids is 1. The Hall–Kier alpha value is -2.43. The lowest BCUT2D eigenvalue weighted by Gasteiger charge is -2.34. The zero-order valence-electron chi connectivity index (χ0n) is 14.7. The Morgan fingerprint density at radius 3 is 2.15 bits per heavy atom. The molecule has 1 saturated heterocycles. The van der Waals surface area contributed by atoms with Crippen LogP contribution in [0.25, 0.3) is 11.1 Å². The molecule has 1 amide bonds. The minimum atomic E-state index is 0.139. The summed E-state index contributed by atoms with van der Waals surface area (Å²) in [5.41, 5.74) is 3.09. The number of hydrogen-bond acceptors (Lipinski definition) is 3. The second-order valence-electron chi connectivity index (χ2n) is 6.59. The van der Waals surface area contributed by atoms with Crippen molar-refractivity contribution >= 4 is 17.2 Å². The van der Waals surface area contributed by atoms with E-state index in [1.54, 1.807) is 11.3 Å². The third-order valence-electron chi connectivity index (χ3n) is 4.86. The Labute approximate surface area is 158 Å². The fraction of sp³-hybridized carbons (Fsp3) is 0.227. The molecule has 4 heteroatoms. The van der Waals surface area contributed by atoms with E-state index in [0.29, 0.717) is 0 Å². The predicted octanol–water partition coefficient (Wildman–Crippen LogP) is 4.37. The molecule has 0 saturated carbocycles. The minimum Gasteiger partial charge on any atom is -0.336 e. The van der Waals surface area contributed by atoms with Gasteiger partial charge >= 0.3 is 0 Å². The molecule has 4 rings (SSSR count). The van der Waals surface area contributed by atoms with Crippen molar-refractivity contribution in [1.82, 2.24) is 9.80 Å². The minimum absolute atomic E-state index is 0.139. The summed E-state index contributed by atoms with van der Waals surface area (Å²) >= 11 is 1.80. The first-order valence-corrected chi connectivity index (χ1v) is 9.87. The van der Waals surface area contributed by atoms with Crippen LogP contribution in [0.5, 0.6) is 0 Å². The molecule has 3 nitrogen and oxygen atoms in total. The second kappa shape index (κ2) is 7.85. The maximum Gasteiger partial charge on any atom is 0.253 e. The molecule has 132 valence electrons. The molecule has 2 heterocycles. The van der Waals surface area contributed by atoms with Gasteiger partial charge in [0.25, 0.3) is 5.91 Å². The van der Waals surface area contributed by atoms with Crippen LogP contribution in [-0.4, -0.2) is 41.9 Å². The van der Waals surface area contributed by atoms with Crippen molar-refractivity contribution in [2.45, 2.75) is 6.54 Å². The van der Waals surface area contributed by atoms with Crippen molar-refractivity contribution in [3.8, 4) is 11.1 Å². The van der Waals surface area contributed by atoms with E-state index in [-0.39, 0.29) is 5.91 Å². The molecule has 0 spiro atoms. The Bertz CT molecular complexity index is 836. The average molecular weight is 362 g/mol. The van der Waals surface area contributed by atoms with E-state index in [0.717, 1.165) is 43.9 Å². The Balaban J connectivity index is 1.36. The maximum atomic E-state index is 12.8. The quantitative estimate of drug-likeness (QED) is 0.688. The highest BCUT2D eigenvalue weighted by Gasteiger charge is 2.22. The predicted molar refractivity (Wildman–Crippen MR) is 107 cm³/mol. The summed E-state index contributed by atoms with van der Waals surface area (Å²) in [6, 6.07) is 22.5. The van der Waals surface area contributed by atoms with Gasteiger partial charge in [-0.25, -0.2) is 0 Å². The van der Waals surface area contributed by atoms with Crippen LogP contribution in [0.15, 0.2) is 72.1 Å². The second-order valence-corrected chi connectivity index (χ2v) is 7.62. The van der Waals surface area contributed by atoms with Gasteiger partial charge in [0.2, 0.25) is 0 Å². The van der Waals surface area contributed by atoms with E-state index in [9.17, 15) is 4.79 Å².